The van der Waals surface area contributed by atoms with E-state index in [2.05, 4.69) is 76.5 Å². The molecule has 108 valence electrons. The number of hydrogen-bond acceptors (Lipinski definition) is 2. The summed E-state index contributed by atoms with van der Waals surface area (Å²) >= 11 is 5.74. The molecule has 0 amide bonds. The molecule has 3 nitrogen and oxygen atoms in total. The molecule has 2 N–H and O–H groups in total. The maximum atomic E-state index is 6.18. The van der Waals surface area contributed by atoms with E-state index in [1.165, 1.54) is 5.56 Å². The van der Waals surface area contributed by atoms with E-state index >= 15 is 0 Å². The van der Waals surface area contributed by atoms with Gasteiger partial charge in [0.1, 0.15) is 5.82 Å². The highest BCUT2D eigenvalue weighted by atomic mass is 127. The van der Waals surface area contributed by atoms with E-state index in [-0.39, 0.29) is 5.41 Å². The summed E-state index contributed by atoms with van der Waals surface area (Å²) in [5.41, 5.74) is 8.68. The smallest absolute Gasteiger partial charge is 0.135 e. The zero-order valence-electron chi connectivity index (χ0n) is 12.0. The lowest BCUT2D eigenvalue weighted by Gasteiger charge is -2.16. The maximum absolute atomic E-state index is 6.18. The zero-order valence-corrected chi connectivity index (χ0v) is 15.7. The summed E-state index contributed by atoms with van der Waals surface area (Å²) in [6.07, 6.45) is 0.933. The van der Waals surface area contributed by atoms with Crippen LogP contribution in [0.1, 0.15) is 32.0 Å². The molecule has 0 aliphatic rings. The second-order valence-corrected chi connectivity index (χ2v) is 8.16. The van der Waals surface area contributed by atoms with E-state index < -0.39 is 0 Å². The van der Waals surface area contributed by atoms with Crippen LogP contribution in [0, 0.1) is 8.99 Å². The van der Waals surface area contributed by atoms with Crippen LogP contribution in [-0.4, -0.2) is 9.78 Å². The average Bonchev–Trinajstić information content (AvgIpc) is 2.59. The largest absolute Gasteiger partial charge is 0.383 e. The van der Waals surface area contributed by atoms with Crippen LogP contribution in [0.4, 0.5) is 5.82 Å². The Morgan fingerprint density at radius 2 is 1.85 bits per heavy atom. The summed E-state index contributed by atoms with van der Waals surface area (Å²) in [5.74, 6) is 0.757. The molecule has 0 atom stereocenters. The molecule has 2 aromatic rings. The molecular weight excluding hydrogens is 429 g/mol. The van der Waals surface area contributed by atoms with Crippen LogP contribution >= 0.6 is 38.5 Å². The summed E-state index contributed by atoms with van der Waals surface area (Å²) in [4.78, 5) is 0. The molecule has 0 unspecified atom stereocenters. The Morgan fingerprint density at radius 3 is 2.40 bits per heavy atom. The normalized spacial score (nSPS) is 11.8. The first kappa shape index (κ1) is 15.8. The molecule has 1 heterocycles. The predicted octanol–water partition coefficient (Wildman–Crippen LogP) is 4.47. The van der Waals surface area contributed by atoms with Gasteiger partial charge in [0.2, 0.25) is 0 Å². The average molecular weight is 448 g/mol. The highest BCUT2D eigenvalue weighted by Crippen LogP contribution is 2.27. The minimum atomic E-state index is 0.211. The first-order chi connectivity index (χ1) is 9.26. The quantitative estimate of drug-likeness (QED) is 0.705. The van der Waals surface area contributed by atoms with Crippen molar-refractivity contribution in [2.45, 2.75) is 33.7 Å². The van der Waals surface area contributed by atoms with E-state index in [0.717, 1.165) is 26.0 Å². The lowest BCUT2D eigenvalue weighted by Crippen LogP contribution is -2.11. The second kappa shape index (κ2) is 6.05. The van der Waals surface area contributed by atoms with Crippen LogP contribution in [0.2, 0.25) is 0 Å². The Kier molecular flexibility index (Phi) is 4.79. The van der Waals surface area contributed by atoms with Crippen molar-refractivity contribution >= 4 is 44.3 Å². The number of nitrogen functional groups attached to an aromatic ring is 1. The van der Waals surface area contributed by atoms with Gasteiger partial charge in [0.15, 0.2) is 0 Å². The lowest BCUT2D eigenvalue weighted by molar-refractivity contribution is 0.403. The molecule has 5 heteroatoms. The molecule has 0 aliphatic heterocycles. The molecule has 2 rings (SSSR count). The minimum Gasteiger partial charge on any atom is -0.383 e. The molecule has 0 radical (unpaired) electrons. The highest BCUT2D eigenvalue weighted by Gasteiger charge is 2.19. The molecule has 20 heavy (non-hydrogen) atoms. The van der Waals surface area contributed by atoms with Crippen molar-refractivity contribution in [3.05, 3.63) is 43.6 Å². The Hall–Kier alpha value is -0.560. The van der Waals surface area contributed by atoms with Crippen LogP contribution in [0.15, 0.2) is 28.7 Å². The van der Waals surface area contributed by atoms with Crippen molar-refractivity contribution in [3.63, 3.8) is 0 Å². The Balaban J connectivity index is 2.24. The van der Waals surface area contributed by atoms with Crippen molar-refractivity contribution in [3.8, 4) is 0 Å². The van der Waals surface area contributed by atoms with Crippen LogP contribution < -0.4 is 5.73 Å². The van der Waals surface area contributed by atoms with Gasteiger partial charge in [0.05, 0.1) is 15.8 Å². The lowest BCUT2D eigenvalue weighted by atomic mass is 9.91. The van der Waals surface area contributed by atoms with Crippen molar-refractivity contribution < 1.29 is 0 Å². The number of hydrogen-bond donors (Lipinski definition) is 1. The molecule has 1 aromatic heterocycles. The van der Waals surface area contributed by atoms with Crippen LogP contribution in [0.3, 0.4) is 0 Å². The van der Waals surface area contributed by atoms with Gasteiger partial charge in [-0.1, -0.05) is 48.8 Å². The van der Waals surface area contributed by atoms with Crippen molar-refractivity contribution in [2.75, 3.05) is 5.73 Å². The van der Waals surface area contributed by atoms with Gasteiger partial charge >= 0.3 is 0 Å². The van der Waals surface area contributed by atoms with Gasteiger partial charge in [-0.2, -0.15) is 5.10 Å². The van der Waals surface area contributed by atoms with Crippen molar-refractivity contribution in [1.82, 2.24) is 9.78 Å². The molecule has 0 fully saturated rings. The fraction of sp³-hybridized carbons (Fsp3) is 0.400. The third-order valence-corrected chi connectivity index (χ3v) is 4.65. The standard InChI is InChI=1S/C15H19BrIN3/c1-15(2,3)8-12-13(17)14(18)20(19-12)9-10-4-6-11(16)7-5-10/h4-7H,8-9,18H2,1-3H3. The first-order valence-electron chi connectivity index (χ1n) is 6.51. The Bertz CT molecular complexity index is 597. The van der Waals surface area contributed by atoms with Crippen LogP contribution in [0.5, 0.6) is 0 Å². The van der Waals surface area contributed by atoms with Crippen molar-refractivity contribution in [2.24, 2.45) is 5.41 Å². The van der Waals surface area contributed by atoms with Gasteiger partial charge in [-0.15, -0.1) is 0 Å². The number of nitrogens with zero attached hydrogens (tertiary/aromatic N) is 2. The van der Waals surface area contributed by atoms with Gasteiger partial charge in [0.25, 0.3) is 0 Å². The highest BCUT2D eigenvalue weighted by molar-refractivity contribution is 14.1. The number of aromatic nitrogens is 2. The Labute approximate surface area is 142 Å². The summed E-state index contributed by atoms with van der Waals surface area (Å²) < 4.78 is 4.05. The predicted molar refractivity (Wildman–Crippen MR) is 95.8 cm³/mol. The monoisotopic (exact) mass is 447 g/mol. The maximum Gasteiger partial charge on any atom is 0.135 e. The number of anilines is 1. The molecule has 0 spiro atoms. The second-order valence-electron chi connectivity index (χ2n) is 6.17. The van der Waals surface area contributed by atoms with Gasteiger partial charge in [-0.3, -0.25) is 0 Å². The van der Waals surface area contributed by atoms with Gasteiger partial charge < -0.3 is 5.73 Å². The molecular formula is C15H19BrIN3. The van der Waals surface area contributed by atoms with E-state index in [0.29, 0.717) is 6.54 Å². The summed E-state index contributed by atoms with van der Waals surface area (Å²) in [6.45, 7) is 7.35. The molecule has 0 saturated heterocycles. The first-order valence-corrected chi connectivity index (χ1v) is 8.38. The third kappa shape index (κ3) is 3.97. The number of benzene rings is 1. The topological polar surface area (TPSA) is 43.8 Å². The minimum absolute atomic E-state index is 0.211. The van der Waals surface area contributed by atoms with E-state index in [1.54, 1.807) is 0 Å². The molecule has 0 aliphatic carbocycles. The number of halogens is 2. The molecule has 0 bridgehead atoms. The number of rotatable bonds is 3. The van der Waals surface area contributed by atoms with E-state index in [4.69, 9.17) is 5.73 Å². The van der Waals surface area contributed by atoms with Crippen molar-refractivity contribution in [1.29, 1.82) is 0 Å². The third-order valence-electron chi connectivity index (χ3n) is 2.94. The van der Waals surface area contributed by atoms with Gasteiger partial charge in [-0.05, 0) is 52.1 Å². The fourth-order valence-electron chi connectivity index (χ4n) is 2.00. The number of nitrogens with two attached hydrogens (primary N) is 1. The summed E-state index contributed by atoms with van der Waals surface area (Å²) in [5, 5.41) is 4.68. The van der Waals surface area contributed by atoms with E-state index in [1.807, 2.05) is 16.8 Å². The Morgan fingerprint density at radius 1 is 1.25 bits per heavy atom. The summed E-state index contributed by atoms with van der Waals surface area (Å²) in [7, 11) is 0. The SMILES string of the molecule is CC(C)(C)Cc1nn(Cc2ccc(Br)cc2)c(N)c1I. The van der Waals surface area contributed by atoms with Gasteiger partial charge in [-0.25, -0.2) is 4.68 Å². The van der Waals surface area contributed by atoms with Gasteiger partial charge in [0, 0.05) is 4.47 Å². The molecule has 1 aromatic carbocycles. The zero-order chi connectivity index (χ0) is 14.9. The van der Waals surface area contributed by atoms with E-state index in [9.17, 15) is 0 Å². The van der Waals surface area contributed by atoms with Crippen LogP contribution in [-0.2, 0) is 13.0 Å². The fourth-order valence-corrected chi connectivity index (χ4v) is 2.84. The molecule has 0 saturated carbocycles. The summed E-state index contributed by atoms with van der Waals surface area (Å²) in [6, 6.07) is 8.25. The van der Waals surface area contributed by atoms with Crippen LogP contribution in [0.25, 0.3) is 0 Å².